The molecule has 4 N–H and O–H groups in total. The normalized spacial score (nSPS) is 27.4. The van der Waals surface area contributed by atoms with Crippen LogP contribution in [0.2, 0.25) is 5.02 Å². The minimum atomic E-state index is -0.851. The Bertz CT molecular complexity index is 1180. The molecule has 2 aliphatic heterocycles. The van der Waals surface area contributed by atoms with Crippen molar-refractivity contribution in [3.05, 3.63) is 41.5 Å². The van der Waals surface area contributed by atoms with Crippen molar-refractivity contribution < 1.29 is 14.4 Å². The number of hydrogen-bond donors (Lipinski definition) is 4. The van der Waals surface area contributed by atoms with E-state index in [0.29, 0.717) is 24.3 Å². The molecule has 13 nitrogen and oxygen atoms in total. The first kappa shape index (κ1) is 25.4. The second-order valence-corrected chi connectivity index (χ2v) is 11.0. The lowest BCUT2D eigenvalue weighted by molar-refractivity contribution is -0.137. The van der Waals surface area contributed by atoms with Crippen molar-refractivity contribution in [3.8, 4) is 0 Å². The summed E-state index contributed by atoms with van der Waals surface area (Å²) in [7, 11) is 2.05. The minimum Gasteiger partial charge on any atom is -0.368 e. The lowest BCUT2D eigenvalue weighted by atomic mass is 9.86. The molecule has 0 aromatic carbocycles. The van der Waals surface area contributed by atoms with Gasteiger partial charge in [0.15, 0.2) is 5.37 Å². The highest BCUT2D eigenvalue weighted by Crippen LogP contribution is 2.33. The Labute approximate surface area is 222 Å². The number of amides is 3. The maximum atomic E-state index is 13.3. The number of thioether (sulfide) groups is 1. The van der Waals surface area contributed by atoms with Gasteiger partial charge >= 0.3 is 11.8 Å². The molecular weight excluding hydrogens is 520 g/mol. The van der Waals surface area contributed by atoms with Gasteiger partial charge in [-0.15, -0.1) is 16.9 Å². The summed E-state index contributed by atoms with van der Waals surface area (Å²) >= 11 is 7.40. The van der Waals surface area contributed by atoms with Crippen molar-refractivity contribution in [2.75, 3.05) is 25.5 Å². The van der Waals surface area contributed by atoms with Crippen LogP contribution in [0.25, 0.3) is 0 Å². The topological polar surface area (TPSA) is 159 Å². The van der Waals surface area contributed by atoms with Crippen LogP contribution in [-0.4, -0.2) is 90.7 Å². The van der Waals surface area contributed by atoms with Gasteiger partial charge in [-0.1, -0.05) is 17.7 Å². The van der Waals surface area contributed by atoms with E-state index in [0.717, 1.165) is 18.8 Å². The molecule has 196 valence electrons. The Hall–Kier alpha value is -3.23. The van der Waals surface area contributed by atoms with Crippen LogP contribution in [0.5, 0.6) is 0 Å². The summed E-state index contributed by atoms with van der Waals surface area (Å²) in [5.41, 5.74) is 1.08. The van der Waals surface area contributed by atoms with Crippen molar-refractivity contribution in [2.24, 2.45) is 0 Å². The van der Waals surface area contributed by atoms with E-state index in [9.17, 15) is 14.4 Å². The predicted octanol–water partition coefficient (Wildman–Crippen LogP) is -0.0848. The lowest BCUT2D eigenvalue weighted by Crippen LogP contribution is -2.58. The third kappa shape index (κ3) is 6.02. The number of halogens is 1. The van der Waals surface area contributed by atoms with Crippen LogP contribution >= 0.6 is 23.4 Å². The minimum absolute atomic E-state index is 0.0522. The average molecular weight is 547 g/mol. The molecule has 5 atom stereocenters. The molecule has 37 heavy (non-hydrogen) atoms. The standard InChI is InChI=1S/C22H27ClN10O3S/c1-32-7-6-15-17(10-32)37-22(28-15)21(36)27-16-8-13(33-11-25-30-31-33)3-4-14(16)26-19(34)20(35)29-18-5-2-12(23)9-24-18/h2,5-6,9,11,13-14,16-17,22,28H,3-4,7-8,10H2,1H3,(H,26,34)(H,27,36)(H,24,29,35)/t13-,14-,16+,17?,22?/m0/s1. The number of rotatable bonds is 5. The van der Waals surface area contributed by atoms with Crippen molar-refractivity contribution in [2.45, 2.75) is 48.0 Å². The quantitative estimate of drug-likeness (QED) is 0.373. The molecule has 3 aliphatic rings. The first-order valence-corrected chi connectivity index (χ1v) is 13.2. The van der Waals surface area contributed by atoms with Crippen LogP contribution in [0.1, 0.15) is 25.3 Å². The molecule has 2 fully saturated rings. The van der Waals surface area contributed by atoms with Gasteiger partial charge < -0.3 is 26.2 Å². The van der Waals surface area contributed by atoms with E-state index in [-0.39, 0.29) is 23.0 Å². The Morgan fingerprint density at radius 1 is 1.16 bits per heavy atom. The van der Waals surface area contributed by atoms with Gasteiger partial charge in [-0.25, -0.2) is 9.67 Å². The van der Waals surface area contributed by atoms with Crippen molar-refractivity contribution in [1.82, 2.24) is 46.0 Å². The summed E-state index contributed by atoms with van der Waals surface area (Å²) < 4.78 is 1.66. The highest BCUT2D eigenvalue weighted by Gasteiger charge is 2.40. The zero-order valence-electron chi connectivity index (χ0n) is 20.0. The molecule has 0 spiro atoms. The van der Waals surface area contributed by atoms with Crippen LogP contribution in [0, 0.1) is 0 Å². The lowest BCUT2D eigenvalue weighted by Gasteiger charge is -2.37. The zero-order valence-corrected chi connectivity index (χ0v) is 21.6. The molecule has 3 amide bonds. The maximum absolute atomic E-state index is 13.3. The van der Waals surface area contributed by atoms with E-state index in [4.69, 9.17) is 11.6 Å². The molecule has 1 saturated carbocycles. The number of tetrazole rings is 1. The first-order chi connectivity index (χ1) is 17.9. The van der Waals surface area contributed by atoms with Gasteiger partial charge in [0.2, 0.25) is 0 Å². The van der Waals surface area contributed by atoms with Gasteiger partial charge in [0.1, 0.15) is 12.1 Å². The SMILES string of the molecule is CN1CC=C2NC(C(=O)N[C@@H]3C[C@@H](n4cnnn4)CC[C@@H]3NC(=O)C(=O)Nc3ccc(Cl)cn3)SC2C1. The molecule has 0 bridgehead atoms. The molecule has 15 heteroatoms. The second-order valence-electron chi connectivity index (χ2n) is 9.30. The number of likely N-dealkylation sites (N-methyl/N-ethyl adjacent to an activating group) is 1. The molecule has 1 saturated heterocycles. The number of anilines is 1. The summed E-state index contributed by atoms with van der Waals surface area (Å²) in [6.07, 6.45) is 6.71. The number of nitrogens with one attached hydrogen (secondary N) is 4. The van der Waals surface area contributed by atoms with Gasteiger partial charge in [-0.3, -0.25) is 14.4 Å². The van der Waals surface area contributed by atoms with Crippen LogP contribution < -0.4 is 21.3 Å². The Kier molecular flexibility index (Phi) is 7.58. The predicted molar refractivity (Wildman–Crippen MR) is 136 cm³/mol. The molecule has 2 unspecified atom stereocenters. The highest BCUT2D eigenvalue weighted by atomic mass is 35.5. The fourth-order valence-corrected chi connectivity index (χ4v) is 6.25. The molecular formula is C22H27ClN10O3S. The van der Waals surface area contributed by atoms with Crippen molar-refractivity contribution in [3.63, 3.8) is 0 Å². The Morgan fingerprint density at radius 3 is 2.78 bits per heavy atom. The number of fused-ring (bicyclic) bond motifs is 1. The van der Waals surface area contributed by atoms with Gasteiger partial charge in [-0.05, 0) is 48.9 Å². The van der Waals surface area contributed by atoms with Gasteiger partial charge in [0.05, 0.1) is 22.4 Å². The number of carbonyl (C=O) groups is 3. The second kappa shape index (κ2) is 11.0. The maximum Gasteiger partial charge on any atom is 0.314 e. The smallest absolute Gasteiger partial charge is 0.314 e. The van der Waals surface area contributed by atoms with E-state index in [1.165, 1.54) is 18.6 Å². The molecule has 4 heterocycles. The number of carbonyl (C=O) groups excluding carboxylic acids is 3. The molecule has 2 aromatic heterocycles. The van der Waals surface area contributed by atoms with Crippen LogP contribution in [0.3, 0.4) is 0 Å². The zero-order chi connectivity index (χ0) is 25.9. The van der Waals surface area contributed by atoms with Crippen LogP contribution in [0.4, 0.5) is 5.82 Å². The average Bonchev–Trinajstić information content (AvgIpc) is 3.56. The molecule has 0 radical (unpaired) electrons. The Morgan fingerprint density at radius 2 is 2.03 bits per heavy atom. The van der Waals surface area contributed by atoms with Gasteiger partial charge in [0.25, 0.3) is 5.91 Å². The fourth-order valence-electron chi connectivity index (χ4n) is 4.76. The van der Waals surface area contributed by atoms with E-state index in [2.05, 4.69) is 59.8 Å². The molecule has 2 aromatic rings. The third-order valence-electron chi connectivity index (χ3n) is 6.66. The summed E-state index contributed by atoms with van der Waals surface area (Å²) in [5.74, 6) is -1.62. The molecule has 1 aliphatic carbocycles. The first-order valence-electron chi connectivity index (χ1n) is 11.9. The molecule has 5 rings (SSSR count). The summed E-state index contributed by atoms with van der Waals surface area (Å²) in [4.78, 5) is 44.7. The monoisotopic (exact) mass is 546 g/mol. The largest absolute Gasteiger partial charge is 0.368 e. The van der Waals surface area contributed by atoms with E-state index < -0.39 is 29.3 Å². The van der Waals surface area contributed by atoms with E-state index >= 15 is 0 Å². The number of hydrogen-bond acceptors (Lipinski definition) is 10. The summed E-state index contributed by atoms with van der Waals surface area (Å²) in [5, 5.41) is 23.3. The van der Waals surface area contributed by atoms with Gasteiger partial charge in [-0.2, -0.15) is 0 Å². The Balaban J connectivity index is 1.24. The van der Waals surface area contributed by atoms with E-state index in [1.54, 1.807) is 22.5 Å². The number of pyridine rings is 1. The highest BCUT2D eigenvalue weighted by molar-refractivity contribution is 8.01. The van der Waals surface area contributed by atoms with Crippen LogP contribution in [-0.2, 0) is 14.4 Å². The third-order valence-corrected chi connectivity index (χ3v) is 8.22. The van der Waals surface area contributed by atoms with Crippen LogP contribution in [0.15, 0.2) is 36.4 Å². The van der Waals surface area contributed by atoms with Gasteiger partial charge in [0, 0.05) is 31.0 Å². The van der Waals surface area contributed by atoms with E-state index in [1.807, 2.05) is 0 Å². The summed E-state index contributed by atoms with van der Waals surface area (Å²) in [6.45, 7) is 1.71. The number of nitrogens with zero attached hydrogens (tertiary/aromatic N) is 6. The van der Waals surface area contributed by atoms with Crippen molar-refractivity contribution >= 4 is 46.9 Å². The summed E-state index contributed by atoms with van der Waals surface area (Å²) in [6, 6.07) is 2.14. The number of aromatic nitrogens is 5. The fraction of sp³-hybridized carbons (Fsp3) is 0.500. The van der Waals surface area contributed by atoms with Crippen molar-refractivity contribution in [1.29, 1.82) is 0 Å².